The van der Waals surface area contributed by atoms with E-state index < -0.39 is 26.8 Å². The van der Waals surface area contributed by atoms with Crippen molar-refractivity contribution in [2.45, 2.75) is 76.6 Å². The zero-order chi connectivity index (χ0) is 33.2. The summed E-state index contributed by atoms with van der Waals surface area (Å²) in [7, 11) is -2.44. The Morgan fingerprint density at radius 2 is 1.91 bits per heavy atom. The molecule has 1 saturated carbocycles. The molecule has 5 rings (SSSR count). The van der Waals surface area contributed by atoms with E-state index in [1.54, 1.807) is 32.2 Å². The van der Waals surface area contributed by atoms with Gasteiger partial charge in [0, 0.05) is 42.6 Å². The van der Waals surface area contributed by atoms with Gasteiger partial charge in [-0.2, -0.15) is 0 Å². The van der Waals surface area contributed by atoms with Crippen LogP contribution in [0.25, 0.3) is 0 Å². The smallest absolute Gasteiger partial charge is 0.264 e. The number of aryl methyl sites for hydroxylation is 1. The zero-order valence-corrected chi connectivity index (χ0v) is 29.1. The molecule has 0 radical (unpaired) electrons. The molecule has 2 aromatic carbocycles. The second-order valence-corrected chi connectivity index (χ2v) is 15.9. The van der Waals surface area contributed by atoms with Crippen LogP contribution in [0, 0.1) is 23.7 Å². The van der Waals surface area contributed by atoms with E-state index in [-0.39, 0.29) is 35.2 Å². The summed E-state index contributed by atoms with van der Waals surface area (Å²) in [5.74, 6) is -0.473. The predicted molar refractivity (Wildman–Crippen MR) is 182 cm³/mol. The van der Waals surface area contributed by atoms with Gasteiger partial charge < -0.3 is 14.4 Å². The lowest BCUT2D eigenvalue weighted by Crippen LogP contribution is -2.52. The number of rotatable bonds is 6. The Kier molecular flexibility index (Phi) is 10.5. The summed E-state index contributed by atoms with van der Waals surface area (Å²) in [6.45, 7) is 9.22. The molecule has 1 N–H and O–H groups in total. The molecule has 2 aromatic rings. The van der Waals surface area contributed by atoms with E-state index in [0.717, 1.165) is 44.1 Å². The standard InChI is InChI=1S/C36H47ClN2O6S/c1-6-7-8-26-17-30(37)11-12-31(26)29-20-39-19-28-9-13-32(28)36(22-40,44-5)16-15-23(2)24(3)25(4)46(42,43)38-35(41)27-10-14-34(45-21-29)33(39)18-27/h10-12,14-18,22-25,28-29,32H,6-9,13,19-21H2,1-5H3,(H,38,41)/b16-15+/t23-,24-,25+,28-,29-,32+,36+/m0/s1. The van der Waals surface area contributed by atoms with Crippen LogP contribution in [0.2, 0.25) is 5.02 Å². The molecule has 1 amide bonds. The van der Waals surface area contributed by atoms with Gasteiger partial charge in [-0.3, -0.25) is 9.59 Å². The molecule has 10 heteroatoms. The fourth-order valence-electron chi connectivity index (χ4n) is 7.20. The molecule has 1 aliphatic carbocycles. The number of hydrogen-bond acceptors (Lipinski definition) is 7. The number of anilines is 1. The van der Waals surface area contributed by atoms with Crippen LogP contribution in [-0.4, -0.2) is 58.3 Å². The van der Waals surface area contributed by atoms with Gasteiger partial charge in [-0.15, -0.1) is 0 Å². The van der Waals surface area contributed by atoms with Crippen molar-refractivity contribution in [1.29, 1.82) is 0 Å². The van der Waals surface area contributed by atoms with Crippen LogP contribution >= 0.6 is 11.6 Å². The SMILES string of the molecule is CCCCc1cc(Cl)ccc1[C@@H]1COc2ccc3cc2N(C1)C[C@@H]1CC[C@H]1[C@@](C=O)(OC)/C=C/[C@H](C)[C@H](C)[C@@H](C)S(=O)(=O)NC3=O. The minimum atomic E-state index is -4.01. The molecule has 46 heavy (non-hydrogen) atoms. The largest absolute Gasteiger partial charge is 0.491 e. The topological polar surface area (TPSA) is 102 Å². The fourth-order valence-corrected chi connectivity index (χ4v) is 8.77. The van der Waals surface area contributed by atoms with Crippen LogP contribution in [0.5, 0.6) is 5.75 Å². The fraction of sp³-hybridized carbons (Fsp3) is 0.556. The molecule has 0 unspecified atom stereocenters. The van der Waals surface area contributed by atoms with Crippen molar-refractivity contribution >= 4 is 39.5 Å². The Morgan fingerprint density at radius 1 is 1.13 bits per heavy atom. The summed E-state index contributed by atoms with van der Waals surface area (Å²) in [6, 6.07) is 11.2. The van der Waals surface area contributed by atoms with Crippen LogP contribution in [0.4, 0.5) is 5.69 Å². The summed E-state index contributed by atoms with van der Waals surface area (Å²) < 4.78 is 41.5. The van der Waals surface area contributed by atoms with E-state index >= 15 is 0 Å². The van der Waals surface area contributed by atoms with Crippen LogP contribution in [0.15, 0.2) is 48.6 Å². The maximum absolute atomic E-state index is 13.5. The maximum Gasteiger partial charge on any atom is 0.264 e. The van der Waals surface area contributed by atoms with Gasteiger partial charge in [-0.05, 0) is 97.9 Å². The molecule has 1 fully saturated rings. The van der Waals surface area contributed by atoms with Gasteiger partial charge in [0.25, 0.3) is 5.91 Å². The van der Waals surface area contributed by atoms with E-state index in [0.29, 0.717) is 30.5 Å². The Labute approximate surface area is 278 Å². The summed E-state index contributed by atoms with van der Waals surface area (Å²) in [6.07, 6.45) is 9.41. The molecule has 8 nitrogen and oxygen atoms in total. The summed E-state index contributed by atoms with van der Waals surface area (Å²) >= 11 is 6.44. The summed E-state index contributed by atoms with van der Waals surface area (Å²) in [5, 5.41) is -0.159. The Bertz CT molecular complexity index is 1580. The Hall–Kier alpha value is -2.88. The second-order valence-electron chi connectivity index (χ2n) is 13.4. The van der Waals surface area contributed by atoms with Crippen molar-refractivity contribution in [2.24, 2.45) is 23.7 Å². The lowest BCUT2D eigenvalue weighted by Gasteiger charge is -2.47. The van der Waals surface area contributed by atoms with Crippen molar-refractivity contribution in [3.63, 3.8) is 0 Å². The average Bonchev–Trinajstić information content (AvgIpc) is 3.21. The number of fused-ring (bicyclic) bond motifs is 2. The third-order valence-corrected chi connectivity index (χ3v) is 12.8. The Balaban J connectivity index is 1.60. The predicted octanol–water partition coefficient (Wildman–Crippen LogP) is 6.57. The van der Waals surface area contributed by atoms with Crippen LogP contribution in [0.3, 0.4) is 0 Å². The number of allylic oxidation sites excluding steroid dienone is 1. The maximum atomic E-state index is 13.5. The number of amides is 1. The molecule has 2 aliphatic heterocycles. The van der Waals surface area contributed by atoms with E-state index in [4.69, 9.17) is 21.1 Å². The van der Waals surface area contributed by atoms with Gasteiger partial charge >= 0.3 is 0 Å². The van der Waals surface area contributed by atoms with Gasteiger partial charge in [0.1, 0.15) is 11.4 Å². The highest BCUT2D eigenvalue weighted by molar-refractivity contribution is 7.90. The molecule has 2 heterocycles. The van der Waals surface area contributed by atoms with Crippen molar-refractivity contribution in [3.8, 4) is 5.75 Å². The molecule has 2 bridgehead atoms. The normalized spacial score (nSPS) is 31.8. The van der Waals surface area contributed by atoms with Gasteiger partial charge in [0.2, 0.25) is 10.0 Å². The van der Waals surface area contributed by atoms with Gasteiger partial charge in [-0.1, -0.05) is 50.9 Å². The van der Waals surface area contributed by atoms with Crippen molar-refractivity contribution < 1.29 is 27.5 Å². The van der Waals surface area contributed by atoms with Crippen LogP contribution < -0.4 is 14.4 Å². The van der Waals surface area contributed by atoms with Crippen molar-refractivity contribution in [3.05, 3.63) is 70.3 Å². The van der Waals surface area contributed by atoms with Gasteiger partial charge in [-0.25, -0.2) is 13.1 Å². The van der Waals surface area contributed by atoms with E-state index in [1.807, 2.05) is 32.1 Å². The quantitative estimate of drug-likeness (QED) is 0.274. The number of hydrogen-bond donors (Lipinski definition) is 1. The second kappa shape index (κ2) is 14.1. The molecule has 3 aliphatic rings. The molecule has 250 valence electrons. The number of unbranched alkanes of at least 4 members (excludes halogenated alkanes) is 1. The highest BCUT2D eigenvalue weighted by atomic mass is 35.5. The van der Waals surface area contributed by atoms with Crippen LogP contribution in [0.1, 0.15) is 80.8 Å². The molecule has 0 spiro atoms. The number of methoxy groups -OCH3 is 1. The number of carbonyl (C=O) groups is 2. The van der Waals surface area contributed by atoms with Crippen molar-refractivity contribution in [2.75, 3.05) is 31.7 Å². The number of ether oxygens (including phenoxy) is 2. The third kappa shape index (κ3) is 6.87. The molecule has 0 saturated heterocycles. The minimum absolute atomic E-state index is 0.0136. The van der Waals surface area contributed by atoms with Gasteiger partial charge in [0.05, 0.1) is 17.5 Å². The van der Waals surface area contributed by atoms with E-state index in [2.05, 4.69) is 28.7 Å². The van der Waals surface area contributed by atoms with E-state index in [1.165, 1.54) is 11.1 Å². The monoisotopic (exact) mass is 670 g/mol. The molecular weight excluding hydrogens is 624 g/mol. The highest BCUT2D eigenvalue weighted by Crippen LogP contribution is 2.46. The minimum Gasteiger partial charge on any atom is -0.491 e. The molecule has 7 atom stereocenters. The number of nitrogens with zero attached hydrogens (tertiary/aromatic N) is 1. The average molecular weight is 671 g/mol. The zero-order valence-electron chi connectivity index (χ0n) is 27.5. The first kappa shape index (κ1) is 34.5. The molecule has 0 aromatic heterocycles. The lowest BCUT2D eigenvalue weighted by molar-refractivity contribution is -0.136. The van der Waals surface area contributed by atoms with Crippen molar-refractivity contribution in [1.82, 2.24) is 4.72 Å². The highest BCUT2D eigenvalue weighted by Gasteiger charge is 2.48. The number of sulfonamides is 1. The molecular formula is C36H47ClN2O6S. The Morgan fingerprint density at radius 3 is 2.59 bits per heavy atom. The number of benzene rings is 2. The number of carbonyl (C=O) groups excluding carboxylic acids is 2. The van der Waals surface area contributed by atoms with Crippen LogP contribution in [-0.2, 0) is 26.0 Å². The summed E-state index contributed by atoms with van der Waals surface area (Å²) in [4.78, 5) is 28.5. The first-order chi connectivity index (χ1) is 21.9. The van der Waals surface area contributed by atoms with E-state index in [9.17, 15) is 18.0 Å². The summed E-state index contributed by atoms with van der Waals surface area (Å²) in [5.41, 5.74) is 2.24. The number of halogens is 1. The number of nitrogens with one attached hydrogen (secondary N) is 1. The van der Waals surface area contributed by atoms with Gasteiger partial charge in [0.15, 0.2) is 6.29 Å². The first-order valence-electron chi connectivity index (χ1n) is 16.5. The first-order valence-corrected chi connectivity index (χ1v) is 18.4. The number of aldehydes is 1. The third-order valence-electron chi connectivity index (χ3n) is 10.7. The lowest BCUT2D eigenvalue weighted by atomic mass is 9.64.